The number of hydrogen-bond donors (Lipinski definition) is 0. The average molecular weight is 345 g/mol. The average Bonchev–Trinajstić information content (AvgIpc) is 2.69. The van der Waals surface area contributed by atoms with Crippen LogP contribution in [0.5, 0.6) is 5.75 Å². The number of hydrogen-bond acceptors (Lipinski definition) is 2. The lowest BCUT2D eigenvalue weighted by molar-refractivity contribution is 0.339. The molecule has 0 amide bonds. The first-order valence-electron chi connectivity index (χ1n) is 9.54. The summed E-state index contributed by atoms with van der Waals surface area (Å²) in [7, 11) is 0. The van der Waals surface area contributed by atoms with Gasteiger partial charge in [-0.2, -0.15) is 0 Å². The van der Waals surface area contributed by atoms with E-state index in [0.717, 1.165) is 29.8 Å². The summed E-state index contributed by atoms with van der Waals surface area (Å²) >= 11 is 0. The Bertz CT molecular complexity index is 789. The summed E-state index contributed by atoms with van der Waals surface area (Å²) in [6.45, 7) is 4.86. The van der Waals surface area contributed by atoms with Gasteiger partial charge in [0.05, 0.1) is 18.5 Å². The minimum atomic E-state index is 0.664. The molecule has 0 bridgehead atoms. The quantitative estimate of drug-likeness (QED) is 0.508. The number of pyridine rings is 1. The van der Waals surface area contributed by atoms with Crippen LogP contribution in [0.2, 0.25) is 0 Å². The highest BCUT2D eigenvalue weighted by atomic mass is 16.5. The molecule has 2 nitrogen and oxygen atoms in total. The Hall–Kier alpha value is -2.61. The van der Waals surface area contributed by atoms with Gasteiger partial charge in [-0.25, -0.2) is 0 Å². The summed E-state index contributed by atoms with van der Waals surface area (Å²) in [5.41, 5.74) is 6.31. The van der Waals surface area contributed by atoms with E-state index in [1.165, 1.54) is 29.5 Å². The molecule has 3 aromatic rings. The van der Waals surface area contributed by atoms with Crippen molar-refractivity contribution >= 4 is 0 Å². The molecule has 0 atom stereocenters. The molecule has 0 radical (unpaired) electrons. The van der Waals surface area contributed by atoms with E-state index in [9.17, 15) is 0 Å². The Morgan fingerprint density at radius 3 is 1.77 bits per heavy atom. The Balaban J connectivity index is 1.58. The van der Waals surface area contributed by atoms with Gasteiger partial charge in [-0.15, -0.1) is 0 Å². The van der Waals surface area contributed by atoms with Crippen molar-refractivity contribution in [1.82, 2.24) is 4.98 Å². The van der Waals surface area contributed by atoms with Crippen molar-refractivity contribution in [3.63, 3.8) is 0 Å². The number of benzene rings is 2. The van der Waals surface area contributed by atoms with Crippen LogP contribution in [-0.2, 0) is 19.3 Å². The van der Waals surface area contributed by atoms with Gasteiger partial charge in [-0.05, 0) is 55.0 Å². The maximum absolute atomic E-state index is 5.45. The molecule has 0 unspecified atom stereocenters. The minimum absolute atomic E-state index is 0.664. The van der Waals surface area contributed by atoms with E-state index in [4.69, 9.17) is 4.74 Å². The first-order chi connectivity index (χ1) is 12.8. The zero-order chi connectivity index (χ0) is 18.2. The van der Waals surface area contributed by atoms with E-state index in [0.29, 0.717) is 6.61 Å². The number of rotatable bonds is 8. The third-order valence-corrected chi connectivity index (χ3v) is 4.56. The highest BCUT2D eigenvalue weighted by Crippen LogP contribution is 2.20. The lowest BCUT2D eigenvalue weighted by Crippen LogP contribution is -1.94. The third-order valence-electron chi connectivity index (χ3n) is 4.56. The lowest BCUT2D eigenvalue weighted by Gasteiger charge is -2.07. The minimum Gasteiger partial charge on any atom is -0.492 e. The molecule has 134 valence electrons. The van der Waals surface area contributed by atoms with Gasteiger partial charge in [-0.3, -0.25) is 4.98 Å². The molecule has 1 heterocycles. The molecule has 3 rings (SSSR count). The molecule has 26 heavy (non-hydrogen) atoms. The fourth-order valence-corrected chi connectivity index (χ4v) is 3.10. The smallest absolute Gasteiger partial charge is 0.137 e. The fraction of sp³-hybridized carbons (Fsp3) is 0.292. The van der Waals surface area contributed by atoms with Crippen molar-refractivity contribution in [2.75, 3.05) is 6.61 Å². The monoisotopic (exact) mass is 345 g/mol. The van der Waals surface area contributed by atoms with Crippen LogP contribution in [0, 0.1) is 0 Å². The summed E-state index contributed by atoms with van der Waals surface area (Å²) in [5, 5.41) is 0. The van der Waals surface area contributed by atoms with E-state index in [1.807, 2.05) is 19.1 Å². The van der Waals surface area contributed by atoms with Gasteiger partial charge in [0.2, 0.25) is 0 Å². The van der Waals surface area contributed by atoms with Crippen LogP contribution in [-0.4, -0.2) is 11.6 Å². The van der Waals surface area contributed by atoms with Crippen LogP contribution in [0.3, 0.4) is 0 Å². The predicted molar refractivity (Wildman–Crippen MR) is 109 cm³/mol. The van der Waals surface area contributed by atoms with E-state index in [1.54, 1.807) is 6.20 Å². The first kappa shape index (κ1) is 18.2. The second-order valence-corrected chi connectivity index (χ2v) is 6.58. The van der Waals surface area contributed by atoms with Crippen LogP contribution < -0.4 is 4.74 Å². The van der Waals surface area contributed by atoms with Crippen molar-refractivity contribution in [2.45, 2.75) is 39.5 Å². The molecule has 0 spiro atoms. The summed E-state index contributed by atoms with van der Waals surface area (Å²) in [6, 6.07) is 21.8. The zero-order valence-corrected chi connectivity index (χ0v) is 15.7. The van der Waals surface area contributed by atoms with Crippen LogP contribution in [0.4, 0.5) is 0 Å². The van der Waals surface area contributed by atoms with Gasteiger partial charge >= 0.3 is 0 Å². The molecule has 0 aliphatic heterocycles. The van der Waals surface area contributed by atoms with Crippen LogP contribution in [0.25, 0.3) is 11.3 Å². The predicted octanol–water partition coefficient (Wildman–Crippen LogP) is 5.89. The van der Waals surface area contributed by atoms with Gasteiger partial charge in [0.25, 0.3) is 0 Å². The van der Waals surface area contributed by atoms with Gasteiger partial charge < -0.3 is 4.74 Å². The van der Waals surface area contributed by atoms with E-state index < -0.39 is 0 Å². The van der Waals surface area contributed by atoms with E-state index in [2.05, 4.69) is 60.4 Å². The topological polar surface area (TPSA) is 22.1 Å². The summed E-state index contributed by atoms with van der Waals surface area (Å²) in [6.07, 6.45) is 6.29. The van der Waals surface area contributed by atoms with Crippen molar-refractivity contribution in [3.8, 4) is 17.0 Å². The normalized spacial score (nSPS) is 10.7. The van der Waals surface area contributed by atoms with Gasteiger partial charge in [0.1, 0.15) is 5.75 Å². The summed E-state index contributed by atoms with van der Waals surface area (Å²) in [4.78, 5) is 4.49. The summed E-state index contributed by atoms with van der Waals surface area (Å²) in [5.74, 6) is 0.817. The molecule has 0 aliphatic rings. The molecule has 0 N–H and O–H groups in total. The van der Waals surface area contributed by atoms with Crippen molar-refractivity contribution < 1.29 is 4.74 Å². The van der Waals surface area contributed by atoms with Crippen LogP contribution in [0.15, 0.2) is 66.9 Å². The molecule has 0 saturated carbocycles. The second-order valence-electron chi connectivity index (χ2n) is 6.58. The second kappa shape index (κ2) is 9.19. The van der Waals surface area contributed by atoms with Crippen molar-refractivity contribution in [2.24, 2.45) is 0 Å². The Morgan fingerprint density at radius 1 is 0.692 bits per heavy atom. The van der Waals surface area contributed by atoms with Crippen LogP contribution in [0.1, 0.15) is 37.0 Å². The van der Waals surface area contributed by atoms with E-state index in [-0.39, 0.29) is 0 Å². The van der Waals surface area contributed by atoms with Gasteiger partial charge in [0.15, 0.2) is 0 Å². The third kappa shape index (κ3) is 4.95. The number of ether oxygens (including phenoxy) is 1. The molecule has 0 saturated heterocycles. The standard InChI is InChI=1S/C24H27NO/c1-3-5-19-6-8-20(9-7-19)10-11-21-12-14-22(15-13-21)24-17-16-23(18-25-24)26-4-2/h6-9,12-18H,3-5,10-11H2,1-2H3. The largest absolute Gasteiger partial charge is 0.492 e. The first-order valence-corrected chi connectivity index (χ1v) is 9.54. The van der Waals surface area contributed by atoms with Gasteiger partial charge in [-0.1, -0.05) is 61.9 Å². The fourth-order valence-electron chi connectivity index (χ4n) is 3.10. The van der Waals surface area contributed by atoms with Gasteiger partial charge in [0, 0.05) is 5.56 Å². The van der Waals surface area contributed by atoms with Crippen LogP contribution >= 0.6 is 0 Å². The van der Waals surface area contributed by atoms with Crippen molar-refractivity contribution in [3.05, 3.63) is 83.6 Å². The maximum Gasteiger partial charge on any atom is 0.137 e. The number of aryl methyl sites for hydroxylation is 3. The Morgan fingerprint density at radius 2 is 1.27 bits per heavy atom. The SMILES string of the molecule is CCCc1ccc(CCc2ccc(-c3ccc(OCC)cn3)cc2)cc1. The molecule has 2 aromatic carbocycles. The zero-order valence-electron chi connectivity index (χ0n) is 15.7. The molecular formula is C24H27NO. The lowest BCUT2D eigenvalue weighted by atomic mass is 10.0. The Labute approximate surface area is 156 Å². The maximum atomic E-state index is 5.45. The molecular weight excluding hydrogens is 318 g/mol. The molecule has 1 aromatic heterocycles. The highest BCUT2D eigenvalue weighted by molar-refractivity contribution is 5.59. The van der Waals surface area contributed by atoms with Crippen molar-refractivity contribution in [1.29, 1.82) is 0 Å². The molecule has 0 aliphatic carbocycles. The molecule has 2 heteroatoms. The molecule has 0 fully saturated rings. The highest BCUT2D eigenvalue weighted by Gasteiger charge is 2.02. The number of nitrogens with zero attached hydrogens (tertiary/aromatic N) is 1. The van der Waals surface area contributed by atoms with E-state index >= 15 is 0 Å². The Kier molecular flexibility index (Phi) is 6.43. The summed E-state index contributed by atoms with van der Waals surface area (Å²) < 4.78 is 5.45. The number of aromatic nitrogens is 1.